The predicted octanol–water partition coefficient (Wildman–Crippen LogP) is 2.99. The van der Waals surface area contributed by atoms with Gasteiger partial charge in [-0.2, -0.15) is 0 Å². The zero-order chi connectivity index (χ0) is 19.0. The van der Waals surface area contributed by atoms with Crippen LogP contribution in [0.1, 0.15) is 38.1 Å². The number of amides is 1. The molecule has 138 valence electrons. The van der Waals surface area contributed by atoms with E-state index in [0.717, 1.165) is 0 Å². The van der Waals surface area contributed by atoms with Crippen molar-refractivity contribution < 1.29 is 28.6 Å². The Morgan fingerprint density at radius 1 is 1.20 bits per heavy atom. The van der Waals surface area contributed by atoms with Gasteiger partial charge in [-0.25, -0.2) is 9.59 Å². The van der Waals surface area contributed by atoms with Crippen molar-refractivity contribution in [1.82, 2.24) is 5.32 Å². The predicted molar refractivity (Wildman–Crippen MR) is 92.1 cm³/mol. The Morgan fingerprint density at radius 2 is 1.88 bits per heavy atom. The molecule has 1 aromatic rings. The molecule has 0 fully saturated rings. The lowest BCUT2D eigenvalue weighted by molar-refractivity contribution is -0.145. The Balaban J connectivity index is 2.59. The van der Waals surface area contributed by atoms with Gasteiger partial charge in [-0.15, -0.1) is 0 Å². The lowest BCUT2D eigenvalue weighted by Crippen LogP contribution is -2.35. The minimum absolute atomic E-state index is 0.174. The quantitative estimate of drug-likeness (QED) is 0.585. The zero-order valence-electron chi connectivity index (χ0n) is 14.7. The Bertz CT molecular complexity index is 639. The minimum Gasteiger partial charge on any atom is -0.480 e. The third-order valence-corrected chi connectivity index (χ3v) is 2.99. The van der Waals surface area contributed by atoms with Crippen molar-refractivity contribution in [3.63, 3.8) is 0 Å². The SMILES string of the molecule is CCOC(=O)COc1ccc(C(=O)CNC(=O)OC(C)(C)C)cc1Cl. The minimum atomic E-state index is -0.679. The van der Waals surface area contributed by atoms with E-state index in [-0.39, 0.29) is 36.3 Å². The van der Waals surface area contributed by atoms with Crippen LogP contribution in [0.4, 0.5) is 4.79 Å². The standard InChI is InChI=1S/C17H22ClNO6/c1-5-23-15(21)10-24-14-7-6-11(8-12(14)18)13(20)9-19-16(22)25-17(2,3)4/h6-8H,5,9-10H2,1-4H3,(H,19,22). The van der Waals surface area contributed by atoms with E-state index in [0.29, 0.717) is 5.56 Å². The third kappa shape index (κ3) is 7.89. The first-order valence-corrected chi connectivity index (χ1v) is 8.08. The summed E-state index contributed by atoms with van der Waals surface area (Å²) in [6.07, 6.45) is -0.679. The fourth-order valence-electron chi connectivity index (χ4n) is 1.70. The van der Waals surface area contributed by atoms with Gasteiger partial charge in [0.25, 0.3) is 0 Å². The van der Waals surface area contributed by atoms with Crippen molar-refractivity contribution in [3.8, 4) is 5.75 Å². The molecule has 25 heavy (non-hydrogen) atoms. The fraction of sp³-hybridized carbons (Fsp3) is 0.471. The van der Waals surface area contributed by atoms with Gasteiger partial charge in [0.2, 0.25) is 0 Å². The van der Waals surface area contributed by atoms with Crippen LogP contribution < -0.4 is 10.1 Å². The highest BCUT2D eigenvalue weighted by atomic mass is 35.5. The molecule has 0 bridgehead atoms. The van der Waals surface area contributed by atoms with Gasteiger partial charge in [0.05, 0.1) is 18.2 Å². The molecule has 1 amide bonds. The number of rotatable bonds is 7. The maximum absolute atomic E-state index is 12.1. The monoisotopic (exact) mass is 371 g/mol. The molecule has 1 N–H and O–H groups in total. The smallest absolute Gasteiger partial charge is 0.408 e. The summed E-state index contributed by atoms with van der Waals surface area (Å²) in [4.78, 5) is 34.9. The summed E-state index contributed by atoms with van der Waals surface area (Å²) in [5, 5.41) is 2.55. The number of hydrogen-bond donors (Lipinski definition) is 1. The van der Waals surface area contributed by atoms with Crippen molar-refractivity contribution >= 4 is 29.4 Å². The van der Waals surface area contributed by atoms with Gasteiger partial charge in [-0.1, -0.05) is 11.6 Å². The van der Waals surface area contributed by atoms with Crippen LogP contribution in [0.15, 0.2) is 18.2 Å². The van der Waals surface area contributed by atoms with Crippen LogP contribution in [0.25, 0.3) is 0 Å². The number of alkyl carbamates (subject to hydrolysis) is 1. The second-order valence-electron chi connectivity index (χ2n) is 6.02. The van der Waals surface area contributed by atoms with Crippen LogP contribution in [-0.2, 0) is 14.3 Å². The van der Waals surface area contributed by atoms with Crippen LogP contribution in [0, 0.1) is 0 Å². The summed E-state index contributed by atoms with van der Waals surface area (Å²) in [7, 11) is 0. The molecule has 0 saturated carbocycles. The highest BCUT2D eigenvalue weighted by Crippen LogP contribution is 2.25. The first-order chi connectivity index (χ1) is 11.6. The highest BCUT2D eigenvalue weighted by molar-refractivity contribution is 6.32. The summed E-state index contributed by atoms with van der Waals surface area (Å²) < 4.78 is 15.0. The molecule has 0 aliphatic heterocycles. The number of ether oxygens (including phenoxy) is 3. The first-order valence-electron chi connectivity index (χ1n) is 7.70. The average Bonchev–Trinajstić information content (AvgIpc) is 2.50. The number of esters is 1. The van der Waals surface area contributed by atoms with E-state index in [1.165, 1.54) is 18.2 Å². The maximum Gasteiger partial charge on any atom is 0.408 e. The van der Waals surface area contributed by atoms with Gasteiger partial charge in [0.1, 0.15) is 11.4 Å². The molecular formula is C17H22ClNO6. The Labute approximate surface area is 151 Å². The average molecular weight is 372 g/mol. The Hall–Kier alpha value is -2.28. The molecule has 0 unspecified atom stereocenters. The van der Waals surface area contributed by atoms with E-state index < -0.39 is 17.7 Å². The number of ketones is 1. The van der Waals surface area contributed by atoms with Gasteiger partial charge in [-0.3, -0.25) is 4.79 Å². The van der Waals surface area contributed by atoms with E-state index in [1.807, 2.05) is 0 Å². The van der Waals surface area contributed by atoms with Gasteiger partial charge in [0.15, 0.2) is 12.4 Å². The number of benzene rings is 1. The molecule has 0 aliphatic carbocycles. The number of nitrogens with one attached hydrogen (secondary N) is 1. The number of Topliss-reactive ketones (excluding diaryl/α,β-unsaturated/α-hetero) is 1. The van der Waals surface area contributed by atoms with E-state index in [9.17, 15) is 14.4 Å². The summed E-state index contributed by atoms with van der Waals surface area (Å²) in [6.45, 7) is 6.62. The summed E-state index contributed by atoms with van der Waals surface area (Å²) in [5.74, 6) is -0.601. The number of halogens is 1. The molecule has 7 nitrogen and oxygen atoms in total. The fourth-order valence-corrected chi connectivity index (χ4v) is 1.93. The number of carbonyl (C=O) groups is 3. The Kier molecular flexibility index (Phi) is 7.70. The zero-order valence-corrected chi connectivity index (χ0v) is 15.4. The highest BCUT2D eigenvalue weighted by Gasteiger charge is 2.17. The normalized spacial score (nSPS) is 10.8. The van der Waals surface area contributed by atoms with Gasteiger partial charge in [-0.05, 0) is 45.9 Å². The van der Waals surface area contributed by atoms with Gasteiger partial charge >= 0.3 is 12.1 Å². The molecule has 0 saturated heterocycles. The summed E-state index contributed by atoms with van der Waals surface area (Å²) >= 11 is 6.04. The molecule has 1 rings (SSSR count). The molecule has 8 heteroatoms. The van der Waals surface area contributed by atoms with Crippen LogP contribution in [0.5, 0.6) is 5.75 Å². The van der Waals surface area contributed by atoms with Crippen LogP contribution in [0.3, 0.4) is 0 Å². The molecule has 0 atom stereocenters. The van der Waals surface area contributed by atoms with E-state index in [1.54, 1.807) is 27.7 Å². The molecule has 0 spiro atoms. The van der Waals surface area contributed by atoms with E-state index in [2.05, 4.69) is 5.32 Å². The lowest BCUT2D eigenvalue weighted by atomic mass is 10.1. The van der Waals surface area contributed by atoms with Crippen molar-refractivity contribution in [1.29, 1.82) is 0 Å². The first kappa shape index (κ1) is 20.8. The molecule has 1 aromatic carbocycles. The molecule has 0 aliphatic rings. The van der Waals surface area contributed by atoms with Crippen molar-refractivity contribution in [2.75, 3.05) is 19.8 Å². The third-order valence-electron chi connectivity index (χ3n) is 2.70. The molecule has 0 radical (unpaired) electrons. The molecular weight excluding hydrogens is 350 g/mol. The number of carbonyl (C=O) groups excluding carboxylic acids is 3. The van der Waals surface area contributed by atoms with Crippen LogP contribution in [0.2, 0.25) is 5.02 Å². The molecule has 0 aromatic heterocycles. The summed E-state index contributed by atoms with van der Waals surface area (Å²) in [6, 6.07) is 4.37. The van der Waals surface area contributed by atoms with E-state index >= 15 is 0 Å². The lowest BCUT2D eigenvalue weighted by Gasteiger charge is -2.19. The van der Waals surface area contributed by atoms with Gasteiger partial charge in [0, 0.05) is 5.56 Å². The molecule has 0 heterocycles. The Morgan fingerprint density at radius 3 is 2.44 bits per heavy atom. The second-order valence-corrected chi connectivity index (χ2v) is 6.42. The van der Waals surface area contributed by atoms with Crippen molar-refractivity contribution in [3.05, 3.63) is 28.8 Å². The van der Waals surface area contributed by atoms with Crippen molar-refractivity contribution in [2.24, 2.45) is 0 Å². The van der Waals surface area contributed by atoms with Gasteiger partial charge < -0.3 is 19.5 Å². The van der Waals surface area contributed by atoms with Crippen molar-refractivity contribution in [2.45, 2.75) is 33.3 Å². The topological polar surface area (TPSA) is 90.9 Å². The van der Waals surface area contributed by atoms with Crippen LogP contribution in [-0.4, -0.2) is 43.2 Å². The van der Waals surface area contributed by atoms with E-state index in [4.69, 9.17) is 25.8 Å². The number of hydrogen-bond acceptors (Lipinski definition) is 6. The maximum atomic E-state index is 12.1. The largest absolute Gasteiger partial charge is 0.480 e. The second kappa shape index (κ2) is 9.27. The summed E-state index contributed by atoms with van der Waals surface area (Å²) in [5.41, 5.74) is -0.349. The van der Waals surface area contributed by atoms with Crippen LogP contribution >= 0.6 is 11.6 Å².